The molecule has 20 heavy (non-hydrogen) atoms. The summed E-state index contributed by atoms with van der Waals surface area (Å²) in [6.07, 6.45) is 2.54. The van der Waals surface area contributed by atoms with Gasteiger partial charge in [-0.15, -0.1) is 0 Å². The van der Waals surface area contributed by atoms with E-state index < -0.39 is 21.7 Å². The molecule has 0 atom stereocenters. The van der Waals surface area contributed by atoms with Gasteiger partial charge in [0.2, 0.25) is 10.0 Å². The number of nitrogens with zero attached hydrogens (tertiary/aromatic N) is 1. The minimum atomic E-state index is -3.13. The maximum atomic E-state index is 13.5. The molecule has 112 valence electrons. The Bertz CT molecular complexity index is 570. The molecule has 1 aromatic rings. The lowest BCUT2D eigenvalue weighted by atomic mass is 10.1. The molecule has 2 rings (SSSR count). The molecule has 1 fully saturated rings. The van der Waals surface area contributed by atoms with Crippen LogP contribution in [-0.4, -0.2) is 38.1 Å². The summed E-state index contributed by atoms with van der Waals surface area (Å²) in [5.74, 6) is -1.68. The second kappa shape index (κ2) is 6.15. The molecular formula is C13H18F2N2O2S. The molecule has 1 heterocycles. The average Bonchev–Trinajstić information content (AvgIpc) is 2.40. The van der Waals surface area contributed by atoms with Crippen LogP contribution in [0.2, 0.25) is 0 Å². The van der Waals surface area contributed by atoms with E-state index in [0.717, 1.165) is 6.07 Å². The fourth-order valence-electron chi connectivity index (χ4n) is 2.33. The minimum absolute atomic E-state index is 0.121. The number of piperidine rings is 1. The van der Waals surface area contributed by atoms with Crippen molar-refractivity contribution in [3.63, 3.8) is 0 Å². The van der Waals surface area contributed by atoms with Crippen molar-refractivity contribution in [3.8, 4) is 0 Å². The first-order valence-electron chi connectivity index (χ1n) is 6.49. The smallest absolute Gasteiger partial charge is 0.211 e. The SMILES string of the molecule is CS(=O)(=O)N1CCC(NCc2cccc(F)c2F)CC1. The van der Waals surface area contributed by atoms with Crippen molar-refractivity contribution in [2.45, 2.75) is 25.4 Å². The highest BCUT2D eigenvalue weighted by Crippen LogP contribution is 2.15. The summed E-state index contributed by atoms with van der Waals surface area (Å²) >= 11 is 0. The molecule has 1 saturated heterocycles. The lowest BCUT2D eigenvalue weighted by Gasteiger charge is -2.30. The Kier molecular flexibility index (Phi) is 4.72. The molecule has 1 aliphatic rings. The normalized spacial score (nSPS) is 18.4. The van der Waals surface area contributed by atoms with Gasteiger partial charge in [0.25, 0.3) is 0 Å². The molecule has 1 N–H and O–H groups in total. The Labute approximate surface area is 117 Å². The largest absolute Gasteiger partial charge is 0.310 e. The highest BCUT2D eigenvalue weighted by atomic mass is 32.2. The zero-order valence-corrected chi connectivity index (χ0v) is 12.1. The fraction of sp³-hybridized carbons (Fsp3) is 0.538. The Hall–Kier alpha value is -1.05. The number of benzene rings is 1. The van der Waals surface area contributed by atoms with Gasteiger partial charge in [0.1, 0.15) is 0 Å². The third-order valence-electron chi connectivity index (χ3n) is 3.54. The maximum absolute atomic E-state index is 13.5. The van der Waals surface area contributed by atoms with Gasteiger partial charge in [0, 0.05) is 31.2 Å². The van der Waals surface area contributed by atoms with Crippen LogP contribution in [0.3, 0.4) is 0 Å². The highest BCUT2D eigenvalue weighted by molar-refractivity contribution is 7.88. The number of halogens is 2. The van der Waals surface area contributed by atoms with E-state index in [0.29, 0.717) is 25.9 Å². The molecule has 0 spiro atoms. The van der Waals surface area contributed by atoms with Gasteiger partial charge in [-0.05, 0) is 18.9 Å². The van der Waals surface area contributed by atoms with E-state index in [1.54, 1.807) is 0 Å². The molecule has 0 saturated carbocycles. The first-order chi connectivity index (χ1) is 9.38. The lowest BCUT2D eigenvalue weighted by Crippen LogP contribution is -2.44. The van der Waals surface area contributed by atoms with Gasteiger partial charge in [-0.1, -0.05) is 12.1 Å². The monoisotopic (exact) mass is 304 g/mol. The first-order valence-corrected chi connectivity index (χ1v) is 8.34. The van der Waals surface area contributed by atoms with Crippen LogP contribution in [0.5, 0.6) is 0 Å². The molecule has 1 aliphatic heterocycles. The summed E-state index contributed by atoms with van der Waals surface area (Å²) in [7, 11) is -3.13. The van der Waals surface area contributed by atoms with Crippen LogP contribution >= 0.6 is 0 Å². The molecule has 1 aromatic carbocycles. The summed E-state index contributed by atoms with van der Waals surface area (Å²) < 4.78 is 50.7. The van der Waals surface area contributed by atoms with E-state index >= 15 is 0 Å². The summed E-state index contributed by atoms with van der Waals surface area (Å²) in [6.45, 7) is 1.16. The molecule has 0 aromatic heterocycles. The van der Waals surface area contributed by atoms with E-state index in [9.17, 15) is 17.2 Å². The summed E-state index contributed by atoms with van der Waals surface area (Å²) in [4.78, 5) is 0. The van der Waals surface area contributed by atoms with Gasteiger partial charge in [0.05, 0.1) is 6.26 Å². The van der Waals surface area contributed by atoms with Crippen molar-refractivity contribution in [2.24, 2.45) is 0 Å². The Balaban J connectivity index is 1.86. The predicted molar refractivity (Wildman–Crippen MR) is 72.6 cm³/mol. The number of nitrogens with one attached hydrogen (secondary N) is 1. The fourth-order valence-corrected chi connectivity index (χ4v) is 3.20. The van der Waals surface area contributed by atoms with Crippen LogP contribution in [0.15, 0.2) is 18.2 Å². The van der Waals surface area contributed by atoms with Gasteiger partial charge < -0.3 is 5.32 Å². The van der Waals surface area contributed by atoms with E-state index in [1.165, 1.54) is 22.7 Å². The second-order valence-corrected chi connectivity index (χ2v) is 7.01. The summed E-state index contributed by atoms with van der Waals surface area (Å²) in [6, 6.07) is 4.22. The molecule has 0 unspecified atom stereocenters. The summed E-state index contributed by atoms with van der Waals surface area (Å²) in [5.41, 5.74) is 0.288. The molecule has 7 heteroatoms. The van der Waals surface area contributed by atoms with Gasteiger partial charge >= 0.3 is 0 Å². The molecule has 4 nitrogen and oxygen atoms in total. The lowest BCUT2D eigenvalue weighted by molar-refractivity contribution is 0.289. The Morgan fingerprint density at radius 3 is 2.55 bits per heavy atom. The topological polar surface area (TPSA) is 49.4 Å². The first kappa shape index (κ1) is 15.3. The zero-order valence-electron chi connectivity index (χ0n) is 11.3. The number of hydrogen-bond acceptors (Lipinski definition) is 3. The van der Waals surface area contributed by atoms with Crippen LogP contribution in [-0.2, 0) is 16.6 Å². The van der Waals surface area contributed by atoms with E-state index in [1.807, 2.05) is 0 Å². The third kappa shape index (κ3) is 3.74. The van der Waals surface area contributed by atoms with Crippen molar-refractivity contribution >= 4 is 10.0 Å². The van der Waals surface area contributed by atoms with Crippen molar-refractivity contribution in [3.05, 3.63) is 35.4 Å². The standard InChI is InChI=1S/C13H18F2N2O2S/c1-20(18,19)17-7-5-11(6-8-17)16-9-10-3-2-4-12(14)13(10)15/h2-4,11,16H,5-9H2,1H3. The molecule has 0 radical (unpaired) electrons. The molecular weight excluding hydrogens is 286 g/mol. The van der Waals surface area contributed by atoms with Crippen LogP contribution in [0.25, 0.3) is 0 Å². The highest BCUT2D eigenvalue weighted by Gasteiger charge is 2.24. The van der Waals surface area contributed by atoms with Crippen LogP contribution in [0.4, 0.5) is 8.78 Å². The second-order valence-electron chi connectivity index (χ2n) is 5.03. The van der Waals surface area contributed by atoms with Gasteiger partial charge in [0.15, 0.2) is 11.6 Å². The van der Waals surface area contributed by atoms with Crippen LogP contribution in [0, 0.1) is 11.6 Å². The van der Waals surface area contributed by atoms with Gasteiger partial charge in [-0.25, -0.2) is 21.5 Å². The van der Waals surface area contributed by atoms with Crippen molar-refractivity contribution in [2.75, 3.05) is 19.3 Å². The van der Waals surface area contributed by atoms with Crippen molar-refractivity contribution in [1.29, 1.82) is 0 Å². The summed E-state index contributed by atoms with van der Waals surface area (Å²) in [5, 5.41) is 3.15. The third-order valence-corrected chi connectivity index (χ3v) is 4.84. The van der Waals surface area contributed by atoms with Crippen LogP contribution < -0.4 is 5.32 Å². The van der Waals surface area contributed by atoms with Gasteiger partial charge in [-0.3, -0.25) is 0 Å². The Morgan fingerprint density at radius 1 is 1.30 bits per heavy atom. The maximum Gasteiger partial charge on any atom is 0.211 e. The molecule has 0 bridgehead atoms. The average molecular weight is 304 g/mol. The van der Waals surface area contributed by atoms with E-state index in [4.69, 9.17) is 0 Å². The molecule has 0 aliphatic carbocycles. The number of sulfonamides is 1. The molecule has 0 amide bonds. The van der Waals surface area contributed by atoms with Gasteiger partial charge in [-0.2, -0.15) is 0 Å². The zero-order chi connectivity index (χ0) is 14.8. The van der Waals surface area contributed by atoms with Crippen molar-refractivity contribution in [1.82, 2.24) is 9.62 Å². The Morgan fingerprint density at radius 2 is 1.95 bits per heavy atom. The predicted octanol–water partition coefficient (Wildman–Crippen LogP) is 1.48. The van der Waals surface area contributed by atoms with E-state index in [-0.39, 0.29) is 18.2 Å². The quantitative estimate of drug-likeness (QED) is 0.916. The van der Waals surface area contributed by atoms with E-state index in [2.05, 4.69) is 5.32 Å². The van der Waals surface area contributed by atoms with Crippen molar-refractivity contribution < 1.29 is 17.2 Å². The number of rotatable bonds is 4. The number of hydrogen-bond donors (Lipinski definition) is 1. The van der Waals surface area contributed by atoms with Crippen LogP contribution in [0.1, 0.15) is 18.4 Å². The minimum Gasteiger partial charge on any atom is -0.310 e.